The minimum Gasteiger partial charge on any atom is -0.0654 e. The first kappa shape index (κ1) is 33.2. The molecule has 0 aromatic heterocycles. The molecule has 0 aliphatic carbocycles. The van der Waals surface area contributed by atoms with Crippen LogP contribution in [0.3, 0.4) is 0 Å². The van der Waals surface area contributed by atoms with E-state index in [4.69, 9.17) is 0 Å². The van der Waals surface area contributed by atoms with Gasteiger partial charge in [0.05, 0.1) is 0 Å². The van der Waals surface area contributed by atoms with Crippen molar-refractivity contribution in [1.82, 2.24) is 0 Å². The minimum atomic E-state index is 1.31. The molecule has 0 fully saturated rings. The molecule has 0 N–H and O–H groups in total. The molecule has 0 radical (unpaired) electrons. The summed E-state index contributed by atoms with van der Waals surface area (Å²) >= 11 is 0. The van der Waals surface area contributed by atoms with Crippen molar-refractivity contribution in [2.24, 2.45) is 0 Å². The highest BCUT2D eigenvalue weighted by Gasteiger charge is 2.09. The van der Waals surface area contributed by atoms with Crippen LogP contribution in [0.4, 0.5) is 0 Å². The summed E-state index contributed by atoms with van der Waals surface area (Å²) in [5.41, 5.74) is 5.15. The van der Waals surface area contributed by atoms with Crippen LogP contribution in [0.2, 0.25) is 0 Å². The summed E-state index contributed by atoms with van der Waals surface area (Å²) in [6, 6.07) is 7.31. The van der Waals surface area contributed by atoms with Crippen molar-refractivity contribution in [3.8, 4) is 0 Å². The SMILES string of the molecule is CCCCCCCCCCc1cccc(CCCCCCCCCC)c1CCCCCCCCCC. The van der Waals surface area contributed by atoms with Crippen LogP contribution >= 0.6 is 0 Å². The molecule has 0 saturated heterocycles. The van der Waals surface area contributed by atoms with E-state index in [0.717, 1.165) is 0 Å². The fourth-order valence-electron chi connectivity index (χ4n) is 5.81. The van der Waals surface area contributed by atoms with Crippen molar-refractivity contribution in [3.05, 3.63) is 34.9 Å². The Balaban J connectivity index is 2.47. The highest BCUT2D eigenvalue weighted by Crippen LogP contribution is 2.23. The van der Waals surface area contributed by atoms with Gasteiger partial charge < -0.3 is 0 Å². The molecular weight excluding hydrogens is 432 g/mol. The third-order valence-electron chi connectivity index (χ3n) is 8.25. The van der Waals surface area contributed by atoms with Crippen LogP contribution in [0.1, 0.15) is 192 Å². The van der Waals surface area contributed by atoms with Gasteiger partial charge in [-0.3, -0.25) is 0 Å². The van der Waals surface area contributed by atoms with Gasteiger partial charge in [-0.1, -0.05) is 174 Å². The molecule has 0 bridgehead atoms. The summed E-state index contributed by atoms with van der Waals surface area (Å²) in [6.45, 7) is 6.94. The van der Waals surface area contributed by atoms with Crippen LogP contribution in [0.25, 0.3) is 0 Å². The Morgan fingerprint density at radius 3 is 0.944 bits per heavy atom. The zero-order chi connectivity index (χ0) is 25.9. The van der Waals surface area contributed by atoms with E-state index in [9.17, 15) is 0 Å². The van der Waals surface area contributed by atoms with Crippen LogP contribution in [0, 0.1) is 0 Å². The average molecular weight is 499 g/mol. The van der Waals surface area contributed by atoms with Crippen molar-refractivity contribution in [1.29, 1.82) is 0 Å². The van der Waals surface area contributed by atoms with Crippen LogP contribution < -0.4 is 0 Å². The molecule has 0 aliphatic heterocycles. The maximum atomic E-state index is 2.47. The molecule has 0 amide bonds. The van der Waals surface area contributed by atoms with Gasteiger partial charge in [0.1, 0.15) is 0 Å². The summed E-state index contributed by atoms with van der Waals surface area (Å²) in [5.74, 6) is 0. The van der Waals surface area contributed by atoms with E-state index in [1.807, 2.05) is 0 Å². The van der Waals surface area contributed by atoms with Gasteiger partial charge in [0, 0.05) is 0 Å². The molecular formula is C36H66. The molecule has 36 heavy (non-hydrogen) atoms. The van der Waals surface area contributed by atoms with Gasteiger partial charge in [-0.25, -0.2) is 0 Å². The van der Waals surface area contributed by atoms with E-state index in [2.05, 4.69) is 39.0 Å². The summed E-state index contributed by atoms with van der Waals surface area (Å²) < 4.78 is 0. The smallest absolute Gasteiger partial charge is 0.0273 e. The first-order valence-electron chi connectivity index (χ1n) is 16.9. The first-order valence-corrected chi connectivity index (χ1v) is 16.9. The molecule has 0 nitrogen and oxygen atoms in total. The number of aryl methyl sites for hydroxylation is 2. The second kappa shape index (κ2) is 25.9. The normalized spacial score (nSPS) is 11.4. The van der Waals surface area contributed by atoms with Crippen molar-refractivity contribution in [3.63, 3.8) is 0 Å². The topological polar surface area (TPSA) is 0 Å². The lowest BCUT2D eigenvalue weighted by Gasteiger charge is -2.16. The highest BCUT2D eigenvalue weighted by atomic mass is 14.1. The average Bonchev–Trinajstić information content (AvgIpc) is 2.89. The van der Waals surface area contributed by atoms with E-state index >= 15 is 0 Å². The Morgan fingerprint density at radius 1 is 0.333 bits per heavy atom. The fraction of sp³-hybridized carbons (Fsp3) is 0.833. The van der Waals surface area contributed by atoms with Crippen molar-refractivity contribution < 1.29 is 0 Å². The van der Waals surface area contributed by atoms with E-state index in [-0.39, 0.29) is 0 Å². The number of unbranched alkanes of at least 4 members (excludes halogenated alkanes) is 21. The quantitative estimate of drug-likeness (QED) is 0.106. The van der Waals surface area contributed by atoms with Crippen molar-refractivity contribution >= 4 is 0 Å². The van der Waals surface area contributed by atoms with Crippen LogP contribution in [0.15, 0.2) is 18.2 Å². The van der Waals surface area contributed by atoms with E-state index in [0.29, 0.717) is 0 Å². The molecule has 0 atom stereocenters. The van der Waals surface area contributed by atoms with Gasteiger partial charge in [-0.2, -0.15) is 0 Å². The molecule has 0 aliphatic rings. The second-order valence-corrected chi connectivity index (χ2v) is 11.7. The number of hydrogen-bond acceptors (Lipinski definition) is 0. The van der Waals surface area contributed by atoms with E-state index in [1.54, 1.807) is 16.7 Å². The minimum absolute atomic E-state index is 1.31. The van der Waals surface area contributed by atoms with Gasteiger partial charge in [0.15, 0.2) is 0 Å². The van der Waals surface area contributed by atoms with Gasteiger partial charge in [0.25, 0.3) is 0 Å². The van der Waals surface area contributed by atoms with Crippen molar-refractivity contribution in [2.75, 3.05) is 0 Å². The predicted octanol–water partition coefficient (Wildman–Crippen LogP) is 12.7. The maximum Gasteiger partial charge on any atom is -0.0273 e. The zero-order valence-corrected chi connectivity index (χ0v) is 25.3. The molecule has 0 saturated carbocycles. The summed E-state index contributed by atoms with van der Waals surface area (Å²) in [5, 5.41) is 0. The largest absolute Gasteiger partial charge is 0.0654 e. The van der Waals surface area contributed by atoms with E-state index < -0.39 is 0 Å². The molecule has 0 unspecified atom stereocenters. The molecule has 0 spiro atoms. The molecule has 1 rings (SSSR count). The Labute approximate surface area is 228 Å². The molecule has 1 aromatic carbocycles. The number of rotatable bonds is 27. The van der Waals surface area contributed by atoms with Crippen molar-refractivity contribution in [2.45, 2.75) is 194 Å². The maximum absolute atomic E-state index is 2.47. The third-order valence-corrected chi connectivity index (χ3v) is 8.25. The second-order valence-electron chi connectivity index (χ2n) is 11.7. The Morgan fingerprint density at radius 2 is 0.611 bits per heavy atom. The Bertz CT molecular complexity index is 533. The molecule has 0 heteroatoms. The fourth-order valence-corrected chi connectivity index (χ4v) is 5.81. The molecule has 1 aromatic rings. The Kier molecular flexibility index (Phi) is 23.9. The third kappa shape index (κ3) is 18.5. The van der Waals surface area contributed by atoms with E-state index in [1.165, 1.54) is 173 Å². The van der Waals surface area contributed by atoms with Crippen LogP contribution in [0.5, 0.6) is 0 Å². The Hall–Kier alpha value is -0.780. The highest BCUT2D eigenvalue weighted by molar-refractivity contribution is 5.36. The standard InChI is InChI=1S/C36H66/c1-4-7-10-13-16-19-22-25-29-34-31-28-32-35(30-26-23-20-17-14-11-8-5-2)36(34)33-27-24-21-18-15-12-9-6-3/h28,31-32H,4-27,29-30,33H2,1-3H3. The lowest BCUT2D eigenvalue weighted by Crippen LogP contribution is -2.02. The van der Waals surface area contributed by atoms with Gasteiger partial charge in [-0.05, 0) is 55.2 Å². The first-order chi connectivity index (χ1) is 17.8. The monoisotopic (exact) mass is 499 g/mol. The number of hydrogen-bond donors (Lipinski definition) is 0. The summed E-state index contributed by atoms with van der Waals surface area (Å²) in [7, 11) is 0. The number of benzene rings is 1. The summed E-state index contributed by atoms with van der Waals surface area (Å²) in [6.07, 6.45) is 38.1. The van der Waals surface area contributed by atoms with Gasteiger partial charge >= 0.3 is 0 Å². The lowest BCUT2D eigenvalue weighted by molar-refractivity contribution is 0.567. The van der Waals surface area contributed by atoms with Gasteiger partial charge in [0.2, 0.25) is 0 Å². The molecule has 0 heterocycles. The predicted molar refractivity (Wildman–Crippen MR) is 165 cm³/mol. The van der Waals surface area contributed by atoms with Gasteiger partial charge in [-0.15, -0.1) is 0 Å². The van der Waals surface area contributed by atoms with Crippen LogP contribution in [-0.4, -0.2) is 0 Å². The lowest BCUT2D eigenvalue weighted by atomic mass is 9.90. The summed E-state index contributed by atoms with van der Waals surface area (Å²) in [4.78, 5) is 0. The van der Waals surface area contributed by atoms with Crippen LogP contribution in [-0.2, 0) is 19.3 Å². The molecule has 210 valence electrons. The zero-order valence-electron chi connectivity index (χ0n) is 25.3.